The first kappa shape index (κ1) is 6.61. The zero-order valence-corrected chi connectivity index (χ0v) is 6.68. The summed E-state index contributed by atoms with van der Waals surface area (Å²) in [6.07, 6.45) is 3.34. The Hall–Kier alpha value is -1.09. The van der Waals surface area contributed by atoms with Crippen molar-refractivity contribution in [3.05, 3.63) is 23.1 Å². The van der Waals surface area contributed by atoms with Crippen LogP contribution >= 0.6 is 11.6 Å². The molecule has 0 aliphatic heterocycles. The Bertz CT molecular complexity index is 393. The van der Waals surface area contributed by atoms with E-state index in [2.05, 4.69) is 15.2 Å². The molecule has 2 aromatic rings. The molecule has 4 heteroatoms. The highest BCUT2D eigenvalue weighted by atomic mass is 35.5. The molecule has 56 valence electrons. The SMILES string of the molecule is Cc1[nH]nc2c(Cl)cncc12. The topological polar surface area (TPSA) is 41.6 Å². The summed E-state index contributed by atoms with van der Waals surface area (Å²) in [5.74, 6) is 0. The summed E-state index contributed by atoms with van der Waals surface area (Å²) < 4.78 is 0. The summed E-state index contributed by atoms with van der Waals surface area (Å²) in [4.78, 5) is 3.95. The van der Waals surface area contributed by atoms with E-state index in [0.29, 0.717) is 5.02 Å². The van der Waals surface area contributed by atoms with E-state index >= 15 is 0 Å². The van der Waals surface area contributed by atoms with E-state index in [0.717, 1.165) is 16.6 Å². The molecule has 0 amide bonds. The minimum Gasteiger partial charge on any atom is -0.282 e. The molecule has 0 bridgehead atoms. The molecule has 0 saturated heterocycles. The van der Waals surface area contributed by atoms with Gasteiger partial charge in [0.25, 0.3) is 0 Å². The average Bonchev–Trinajstić information content (AvgIpc) is 2.35. The Morgan fingerprint density at radius 1 is 1.45 bits per heavy atom. The van der Waals surface area contributed by atoms with Gasteiger partial charge in [-0.25, -0.2) is 0 Å². The first-order valence-electron chi connectivity index (χ1n) is 3.23. The van der Waals surface area contributed by atoms with Gasteiger partial charge >= 0.3 is 0 Å². The summed E-state index contributed by atoms with van der Waals surface area (Å²) in [5, 5.41) is 8.44. The molecule has 0 fully saturated rings. The van der Waals surface area contributed by atoms with Crippen molar-refractivity contribution in [2.75, 3.05) is 0 Å². The second-order valence-electron chi connectivity index (χ2n) is 2.37. The highest BCUT2D eigenvalue weighted by Crippen LogP contribution is 2.20. The predicted molar refractivity (Wildman–Crippen MR) is 43.6 cm³/mol. The molecule has 0 aliphatic carbocycles. The molecule has 0 spiro atoms. The molecule has 0 saturated carbocycles. The molecule has 3 nitrogen and oxygen atoms in total. The average molecular weight is 168 g/mol. The quantitative estimate of drug-likeness (QED) is 0.652. The molecule has 1 N–H and O–H groups in total. The van der Waals surface area contributed by atoms with E-state index in [9.17, 15) is 0 Å². The van der Waals surface area contributed by atoms with Crippen LogP contribution in [0, 0.1) is 6.92 Å². The van der Waals surface area contributed by atoms with Gasteiger partial charge in [-0.1, -0.05) is 11.6 Å². The van der Waals surface area contributed by atoms with Gasteiger partial charge in [-0.05, 0) is 6.92 Å². The third-order valence-corrected chi connectivity index (χ3v) is 1.89. The zero-order chi connectivity index (χ0) is 7.84. The summed E-state index contributed by atoms with van der Waals surface area (Å²) in [5.41, 5.74) is 1.79. The maximum Gasteiger partial charge on any atom is 0.114 e. The van der Waals surface area contributed by atoms with Crippen molar-refractivity contribution in [1.82, 2.24) is 15.2 Å². The molecule has 2 aromatic heterocycles. The molecule has 0 atom stereocenters. The van der Waals surface area contributed by atoms with Crippen LogP contribution in [0.15, 0.2) is 12.4 Å². The van der Waals surface area contributed by atoms with Gasteiger partial charge in [-0.2, -0.15) is 5.10 Å². The number of hydrogen-bond acceptors (Lipinski definition) is 2. The van der Waals surface area contributed by atoms with E-state index in [1.165, 1.54) is 0 Å². The van der Waals surface area contributed by atoms with E-state index < -0.39 is 0 Å². The summed E-state index contributed by atoms with van der Waals surface area (Å²) >= 11 is 5.83. The number of hydrogen-bond donors (Lipinski definition) is 1. The molecule has 0 radical (unpaired) electrons. The molecular formula is C7H6ClN3. The number of nitrogens with zero attached hydrogens (tertiary/aromatic N) is 2. The van der Waals surface area contributed by atoms with Gasteiger partial charge in [-0.15, -0.1) is 0 Å². The van der Waals surface area contributed by atoms with Gasteiger partial charge in [0.15, 0.2) is 0 Å². The number of nitrogens with one attached hydrogen (secondary N) is 1. The third-order valence-electron chi connectivity index (χ3n) is 1.61. The van der Waals surface area contributed by atoms with E-state index in [1.807, 2.05) is 6.92 Å². The highest BCUT2D eigenvalue weighted by molar-refractivity contribution is 6.34. The van der Waals surface area contributed by atoms with Crippen LogP contribution in [-0.4, -0.2) is 15.2 Å². The van der Waals surface area contributed by atoms with Crippen molar-refractivity contribution in [3.8, 4) is 0 Å². The van der Waals surface area contributed by atoms with Crippen LogP contribution in [0.1, 0.15) is 5.69 Å². The molecule has 2 rings (SSSR count). The van der Waals surface area contributed by atoms with Gasteiger partial charge in [0, 0.05) is 23.5 Å². The first-order chi connectivity index (χ1) is 5.29. The maximum atomic E-state index is 5.83. The van der Waals surface area contributed by atoms with Crippen molar-refractivity contribution in [2.45, 2.75) is 6.92 Å². The van der Waals surface area contributed by atoms with Gasteiger partial charge in [0.1, 0.15) is 5.52 Å². The number of rotatable bonds is 0. The van der Waals surface area contributed by atoms with Crippen LogP contribution in [0.4, 0.5) is 0 Å². The fraction of sp³-hybridized carbons (Fsp3) is 0.143. The lowest BCUT2D eigenvalue weighted by atomic mass is 10.3. The normalized spacial score (nSPS) is 10.7. The number of fused-ring (bicyclic) bond motifs is 1. The van der Waals surface area contributed by atoms with Crippen molar-refractivity contribution in [2.24, 2.45) is 0 Å². The van der Waals surface area contributed by atoms with Crippen molar-refractivity contribution in [1.29, 1.82) is 0 Å². The van der Waals surface area contributed by atoms with Crippen LogP contribution in [0.3, 0.4) is 0 Å². The minimum atomic E-state index is 0.590. The zero-order valence-electron chi connectivity index (χ0n) is 5.93. The minimum absolute atomic E-state index is 0.590. The molecule has 0 aliphatic rings. The van der Waals surface area contributed by atoms with Crippen LogP contribution in [-0.2, 0) is 0 Å². The number of aryl methyl sites for hydroxylation is 1. The fourth-order valence-electron chi connectivity index (χ4n) is 1.02. The molecular weight excluding hydrogens is 162 g/mol. The number of pyridine rings is 1. The van der Waals surface area contributed by atoms with Gasteiger partial charge in [-0.3, -0.25) is 10.1 Å². The Kier molecular flexibility index (Phi) is 1.32. The monoisotopic (exact) mass is 167 g/mol. The lowest BCUT2D eigenvalue weighted by molar-refractivity contribution is 1.07. The largest absolute Gasteiger partial charge is 0.282 e. The van der Waals surface area contributed by atoms with Crippen molar-refractivity contribution >= 4 is 22.5 Å². The van der Waals surface area contributed by atoms with Gasteiger partial charge in [0.2, 0.25) is 0 Å². The Balaban J connectivity index is 2.94. The van der Waals surface area contributed by atoms with Crippen molar-refractivity contribution < 1.29 is 0 Å². The lowest BCUT2D eigenvalue weighted by Gasteiger charge is -1.89. The van der Waals surface area contributed by atoms with E-state index in [4.69, 9.17) is 11.6 Å². The number of aromatic nitrogens is 3. The van der Waals surface area contributed by atoms with E-state index in [-0.39, 0.29) is 0 Å². The molecule has 2 heterocycles. The smallest absolute Gasteiger partial charge is 0.114 e. The van der Waals surface area contributed by atoms with Crippen LogP contribution in [0.5, 0.6) is 0 Å². The third kappa shape index (κ3) is 0.886. The summed E-state index contributed by atoms with van der Waals surface area (Å²) in [6.45, 7) is 1.94. The highest BCUT2D eigenvalue weighted by Gasteiger charge is 2.03. The number of halogens is 1. The predicted octanol–water partition coefficient (Wildman–Crippen LogP) is 1.92. The Morgan fingerprint density at radius 2 is 2.27 bits per heavy atom. The van der Waals surface area contributed by atoms with Crippen LogP contribution < -0.4 is 0 Å². The number of H-pyrrole nitrogens is 1. The Morgan fingerprint density at radius 3 is 3.00 bits per heavy atom. The summed E-state index contributed by atoms with van der Waals surface area (Å²) in [6, 6.07) is 0. The van der Waals surface area contributed by atoms with Crippen molar-refractivity contribution in [3.63, 3.8) is 0 Å². The fourth-order valence-corrected chi connectivity index (χ4v) is 1.22. The molecule has 11 heavy (non-hydrogen) atoms. The van der Waals surface area contributed by atoms with Crippen LogP contribution in [0.2, 0.25) is 5.02 Å². The van der Waals surface area contributed by atoms with E-state index in [1.54, 1.807) is 12.4 Å². The summed E-state index contributed by atoms with van der Waals surface area (Å²) in [7, 11) is 0. The maximum absolute atomic E-state index is 5.83. The van der Waals surface area contributed by atoms with Crippen LogP contribution in [0.25, 0.3) is 10.9 Å². The van der Waals surface area contributed by atoms with Gasteiger partial charge in [0.05, 0.1) is 5.02 Å². The second kappa shape index (κ2) is 2.20. The first-order valence-corrected chi connectivity index (χ1v) is 3.61. The lowest BCUT2D eigenvalue weighted by Crippen LogP contribution is -1.74. The second-order valence-corrected chi connectivity index (χ2v) is 2.77. The molecule has 0 aromatic carbocycles. The van der Waals surface area contributed by atoms with Gasteiger partial charge < -0.3 is 0 Å². The standard InChI is InChI=1S/C7H6ClN3/c1-4-5-2-9-3-6(8)7(5)11-10-4/h2-3H,1H3,(H,10,11). The molecule has 0 unspecified atom stereocenters. The Labute approximate surface area is 68.4 Å². The number of aromatic amines is 1.